The van der Waals surface area contributed by atoms with Gasteiger partial charge in [0.05, 0.1) is 11.4 Å². The predicted octanol–water partition coefficient (Wildman–Crippen LogP) is 9.12. The van der Waals surface area contributed by atoms with Crippen LogP contribution in [0.3, 0.4) is 0 Å². The summed E-state index contributed by atoms with van der Waals surface area (Å²) in [5.74, 6) is 2.18. The number of hydrogen-bond acceptors (Lipinski definition) is 4. The first-order chi connectivity index (χ1) is 19.7. The van der Waals surface area contributed by atoms with Crippen LogP contribution in [0.5, 0.6) is 11.5 Å². The smallest absolute Gasteiger partial charge is 0.160 e. The van der Waals surface area contributed by atoms with Crippen molar-refractivity contribution in [1.82, 2.24) is 9.97 Å². The van der Waals surface area contributed by atoms with E-state index in [2.05, 4.69) is 37.3 Å². The van der Waals surface area contributed by atoms with Crippen molar-refractivity contribution in [3.63, 3.8) is 0 Å². The van der Waals surface area contributed by atoms with Gasteiger partial charge < -0.3 is 4.74 Å². The zero-order chi connectivity index (χ0) is 27.3. The number of para-hydroxylation sites is 2. The fourth-order valence-corrected chi connectivity index (χ4v) is 4.73. The molecule has 0 unspecified atom stereocenters. The van der Waals surface area contributed by atoms with Gasteiger partial charge in [0.15, 0.2) is 5.82 Å². The number of aryl methyl sites for hydroxylation is 1. The number of benzene rings is 5. The average molecular weight is 516 g/mol. The predicted molar refractivity (Wildman–Crippen MR) is 160 cm³/mol. The molecule has 0 amide bonds. The molecule has 0 saturated carbocycles. The van der Waals surface area contributed by atoms with Crippen molar-refractivity contribution in [2.24, 2.45) is 0 Å². The Kier molecular flexibility index (Phi) is 6.86. The summed E-state index contributed by atoms with van der Waals surface area (Å²) in [6.45, 7) is 2.05. The van der Waals surface area contributed by atoms with Crippen molar-refractivity contribution < 1.29 is 4.74 Å². The van der Waals surface area contributed by atoms with Crippen LogP contribution >= 0.6 is 0 Å². The lowest BCUT2D eigenvalue weighted by Crippen LogP contribution is -2.01. The summed E-state index contributed by atoms with van der Waals surface area (Å²) < 4.78 is 6.31. The van der Waals surface area contributed by atoms with Crippen molar-refractivity contribution in [2.45, 2.75) is 6.92 Å². The van der Waals surface area contributed by atoms with E-state index in [0.717, 1.165) is 44.9 Å². The quantitative estimate of drug-likeness (QED) is 0.222. The largest absolute Gasteiger partial charge is 0.456 e. The normalized spacial score (nSPS) is 10.6. The maximum absolute atomic E-state index is 10.2. The van der Waals surface area contributed by atoms with Crippen LogP contribution in [0.2, 0.25) is 0 Å². The summed E-state index contributed by atoms with van der Waals surface area (Å²) in [7, 11) is 0. The van der Waals surface area contributed by atoms with E-state index >= 15 is 0 Å². The lowest BCUT2D eigenvalue weighted by atomic mass is 9.99. The number of ether oxygens (including phenoxy) is 1. The van der Waals surface area contributed by atoms with Crippen LogP contribution in [0, 0.1) is 18.3 Å². The monoisotopic (exact) mass is 515 g/mol. The third kappa shape index (κ3) is 4.97. The number of hydrogen-bond donors (Lipinski definition) is 0. The van der Waals surface area contributed by atoms with Crippen molar-refractivity contribution in [3.05, 3.63) is 145 Å². The van der Waals surface area contributed by atoms with Gasteiger partial charge in [-0.2, -0.15) is 5.26 Å². The zero-order valence-electron chi connectivity index (χ0n) is 22.0. The van der Waals surface area contributed by atoms with Crippen LogP contribution in [0.4, 0.5) is 0 Å². The van der Waals surface area contributed by atoms with Gasteiger partial charge in [-0.15, -0.1) is 0 Å². The molecule has 0 N–H and O–H groups in total. The van der Waals surface area contributed by atoms with Gasteiger partial charge in [-0.1, -0.05) is 121 Å². The van der Waals surface area contributed by atoms with E-state index < -0.39 is 0 Å². The standard InChI is InChI=1S/C36H25N3O/c1-25-12-11-19-31(35(25)40-30-17-9-4-10-18-30)26-20-22-29(23-21-26)36-38-33(27-13-5-2-6-14-27)32(24-37)34(39-36)28-15-7-3-8-16-28/h2-23H,1H3. The molecule has 6 aromatic rings. The molecule has 5 aromatic carbocycles. The summed E-state index contributed by atoms with van der Waals surface area (Å²) in [6.07, 6.45) is 0. The Morgan fingerprint density at radius 2 is 1.07 bits per heavy atom. The van der Waals surface area contributed by atoms with Gasteiger partial charge in [-0.05, 0) is 30.2 Å². The minimum atomic E-state index is 0.459. The summed E-state index contributed by atoms with van der Waals surface area (Å²) in [6, 6.07) is 46.1. The Morgan fingerprint density at radius 3 is 1.62 bits per heavy atom. The summed E-state index contributed by atoms with van der Waals surface area (Å²) in [4.78, 5) is 9.80. The lowest BCUT2D eigenvalue weighted by Gasteiger charge is -2.15. The molecular formula is C36H25N3O. The Bertz CT molecular complexity index is 1750. The number of nitriles is 1. The maximum atomic E-state index is 10.2. The Hall–Kier alpha value is -5.53. The second-order valence-corrected chi connectivity index (χ2v) is 9.41. The minimum absolute atomic E-state index is 0.459. The fourth-order valence-electron chi connectivity index (χ4n) is 4.73. The molecule has 40 heavy (non-hydrogen) atoms. The molecule has 0 spiro atoms. The van der Waals surface area contributed by atoms with Gasteiger partial charge in [0, 0.05) is 22.3 Å². The van der Waals surface area contributed by atoms with Gasteiger partial charge in [0.25, 0.3) is 0 Å². The highest BCUT2D eigenvalue weighted by molar-refractivity contribution is 5.80. The average Bonchev–Trinajstić information content (AvgIpc) is 3.03. The van der Waals surface area contributed by atoms with Gasteiger partial charge in [-0.25, -0.2) is 9.97 Å². The van der Waals surface area contributed by atoms with Gasteiger partial charge in [0.1, 0.15) is 23.1 Å². The van der Waals surface area contributed by atoms with Crippen molar-refractivity contribution >= 4 is 0 Å². The van der Waals surface area contributed by atoms with Crippen molar-refractivity contribution in [3.8, 4) is 62.6 Å². The van der Waals surface area contributed by atoms with Crippen LogP contribution in [0.15, 0.2) is 133 Å². The van der Waals surface area contributed by atoms with Crippen LogP contribution in [-0.2, 0) is 0 Å². The fraction of sp³-hybridized carbons (Fsp3) is 0.0278. The van der Waals surface area contributed by atoms with E-state index in [4.69, 9.17) is 14.7 Å². The molecular weight excluding hydrogens is 490 g/mol. The van der Waals surface area contributed by atoms with E-state index in [9.17, 15) is 5.26 Å². The molecule has 4 nitrogen and oxygen atoms in total. The van der Waals surface area contributed by atoms with Crippen LogP contribution in [0.1, 0.15) is 11.1 Å². The third-order valence-corrected chi connectivity index (χ3v) is 6.74. The highest BCUT2D eigenvalue weighted by atomic mass is 16.5. The number of nitrogens with zero attached hydrogens (tertiary/aromatic N) is 3. The first-order valence-electron chi connectivity index (χ1n) is 13.1. The highest BCUT2D eigenvalue weighted by Crippen LogP contribution is 2.37. The first kappa shape index (κ1) is 24.8. The minimum Gasteiger partial charge on any atom is -0.456 e. The molecule has 0 saturated heterocycles. The Morgan fingerprint density at radius 1 is 0.550 bits per heavy atom. The molecule has 1 aromatic heterocycles. The molecule has 0 radical (unpaired) electrons. The molecule has 0 aliphatic rings. The molecule has 0 aliphatic carbocycles. The van der Waals surface area contributed by atoms with Gasteiger partial charge in [-0.3, -0.25) is 0 Å². The molecule has 0 fully saturated rings. The summed E-state index contributed by atoms with van der Waals surface area (Å²) >= 11 is 0. The van der Waals surface area contributed by atoms with Crippen LogP contribution < -0.4 is 4.74 Å². The van der Waals surface area contributed by atoms with Crippen LogP contribution in [-0.4, -0.2) is 9.97 Å². The summed E-state index contributed by atoms with van der Waals surface area (Å²) in [5, 5.41) is 10.2. The first-order valence-corrected chi connectivity index (χ1v) is 13.1. The van der Waals surface area contributed by atoms with E-state index in [1.54, 1.807) is 0 Å². The topological polar surface area (TPSA) is 58.8 Å². The second kappa shape index (κ2) is 11.1. The van der Waals surface area contributed by atoms with E-state index in [-0.39, 0.29) is 0 Å². The third-order valence-electron chi connectivity index (χ3n) is 6.74. The van der Waals surface area contributed by atoms with E-state index in [1.165, 1.54) is 0 Å². The molecule has 4 heteroatoms. The summed E-state index contributed by atoms with van der Waals surface area (Å²) in [5.41, 5.74) is 7.39. The lowest BCUT2D eigenvalue weighted by molar-refractivity contribution is 0.481. The van der Waals surface area contributed by atoms with Gasteiger partial charge >= 0.3 is 0 Å². The maximum Gasteiger partial charge on any atom is 0.160 e. The second-order valence-electron chi connectivity index (χ2n) is 9.41. The molecule has 0 atom stereocenters. The van der Waals surface area contributed by atoms with E-state index in [1.807, 2.05) is 109 Å². The van der Waals surface area contributed by atoms with Crippen LogP contribution in [0.25, 0.3) is 45.0 Å². The highest BCUT2D eigenvalue weighted by Gasteiger charge is 2.18. The van der Waals surface area contributed by atoms with Crippen molar-refractivity contribution in [2.75, 3.05) is 0 Å². The Balaban J connectivity index is 1.44. The molecule has 0 bridgehead atoms. The SMILES string of the molecule is Cc1cccc(-c2ccc(-c3nc(-c4ccccc4)c(C#N)c(-c4ccccc4)n3)cc2)c1Oc1ccccc1. The molecule has 1 heterocycles. The zero-order valence-corrected chi connectivity index (χ0v) is 22.0. The van der Waals surface area contributed by atoms with Crippen molar-refractivity contribution in [1.29, 1.82) is 5.26 Å². The number of aromatic nitrogens is 2. The molecule has 0 aliphatic heterocycles. The Labute approximate surface area is 233 Å². The molecule has 190 valence electrons. The molecule has 6 rings (SSSR count). The number of rotatable bonds is 6. The van der Waals surface area contributed by atoms with E-state index in [0.29, 0.717) is 22.8 Å². The van der Waals surface area contributed by atoms with Gasteiger partial charge in [0.2, 0.25) is 0 Å².